The zero-order chi connectivity index (χ0) is 10.1. The summed E-state index contributed by atoms with van der Waals surface area (Å²) in [6.07, 6.45) is 5.32. The summed E-state index contributed by atoms with van der Waals surface area (Å²) in [5.74, 6) is -0.271. The van der Waals surface area contributed by atoms with Crippen LogP contribution in [0.15, 0.2) is 0 Å². The Kier molecular flexibility index (Phi) is 5.68. The second-order valence-electron chi connectivity index (χ2n) is 3.08. The van der Waals surface area contributed by atoms with Crippen LogP contribution in [0.1, 0.15) is 54.2 Å². The van der Waals surface area contributed by atoms with Gasteiger partial charge in [-0.25, -0.2) is 0 Å². The summed E-state index contributed by atoms with van der Waals surface area (Å²) in [5.41, 5.74) is 0. The molecule has 0 aliphatic rings. The third-order valence-electron chi connectivity index (χ3n) is 1.71. The molecule has 12 heavy (non-hydrogen) atoms. The molecule has 0 aromatic heterocycles. The van der Waals surface area contributed by atoms with E-state index in [1.165, 1.54) is 26.2 Å². The maximum absolute atomic E-state index is 10.6. The molecule has 0 heterocycles. The second-order valence-corrected chi connectivity index (χ2v) is 3.08. The summed E-state index contributed by atoms with van der Waals surface area (Å²) in [6.45, 7) is 3.74. The maximum atomic E-state index is 10.6. The fourth-order valence-corrected chi connectivity index (χ4v) is 1.09. The van der Waals surface area contributed by atoms with Crippen molar-refractivity contribution in [3.63, 3.8) is 0 Å². The second kappa shape index (κ2) is 7.14. The molecular formula is C10H20O2. The van der Waals surface area contributed by atoms with E-state index in [1.807, 2.05) is 0 Å². The van der Waals surface area contributed by atoms with Gasteiger partial charge in [0.2, 0.25) is 0 Å². The third-order valence-corrected chi connectivity index (χ3v) is 1.71. The molecule has 2 nitrogen and oxygen atoms in total. The minimum absolute atomic E-state index is 0.186. The van der Waals surface area contributed by atoms with Gasteiger partial charge in [-0.05, 0) is 19.7 Å². The highest BCUT2D eigenvalue weighted by Crippen LogP contribution is 2.07. The zero-order valence-corrected chi connectivity index (χ0v) is 8.14. The topological polar surface area (TPSA) is 26.3 Å². The van der Waals surface area contributed by atoms with Crippen LogP contribution >= 0.6 is 0 Å². The lowest BCUT2D eigenvalue weighted by Gasteiger charge is -2.10. The molecule has 0 spiro atoms. The normalized spacial score (nSPS) is 13.7. The summed E-state index contributed by atoms with van der Waals surface area (Å²) < 4.78 is 12.1. The Balaban J connectivity index is 3.42. The largest absolute Gasteiger partial charge is 0.463 e. The molecule has 0 saturated heterocycles. The van der Waals surface area contributed by atoms with E-state index in [0.29, 0.717) is 0 Å². The Morgan fingerprint density at radius 3 is 2.75 bits per heavy atom. The van der Waals surface area contributed by atoms with Crippen LogP contribution < -0.4 is 0 Å². The van der Waals surface area contributed by atoms with E-state index >= 15 is 0 Å². The number of hydrogen-bond donors (Lipinski definition) is 0. The van der Waals surface area contributed by atoms with Gasteiger partial charge in [0, 0.05) is 8.29 Å². The number of ether oxygens (including phenoxy) is 1. The van der Waals surface area contributed by atoms with Crippen LogP contribution in [0.3, 0.4) is 0 Å². The molecule has 1 atom stereocenters. The van der Waals surface area contributed by atoms with Crippen LogP contribution in [0.2, 0.25) is 0 Å². The summed E-state index contributed by atoms with van der Waals surface area (Å²) in [7, 11) is 0. The van der Waals surface area contributed by atoms with Gasteiger partial charge in [0.1, 0.15) is 0 Å². The van der Waals surface area contributed by atoms with Crippen molar-refractivity contribution in [1.29, 1.82) is 0 Å². The van der Waals surface area contributed by atoms with Gasteiger partial charge in [-0.3, -0.25) is 4.79 Å². The standard InChI is InChI=1S/C10H20O2/c1-4-5-6-7-8-9(2)12-10(3)11/h9H,4-8H2,1-3H3/i2D. The summed E-state index contributed by atoms with van der Waals surface area (Å²) in [6, 6.07) is 0. The predicted molar refractivity (Wildman–Crippen MR) is 50.0 cm³/mol. The highest BCUT2D eigenvalue weighted by molar-refractivity contribution is 5.66. The lowest BCUT2D eigenvalue weighted by molar-refractivity contribution is -0.145. The van der Waals surface area contributed by atoms with Gasteiger partial charge in [-0.15, -0.1) is 0 Å². The van der Waals surface area contributed by atoms with Gasteiger partial charge in [-0.1, -0.05) is 26.2 Å². The summed E-state index contributed by atoms with van der Waals surface area (Å²) >= 11 is 0. The number of rotatable bonds is 6. The monoisotopic (exact) mass is 173 g/mol. The molecule has 0 aromatic carbocycles. The van der Waals surface area contributed by atoms with Gasteiger partial charge in [0.05, 0.1) is 6.10 Å². The number of hydrogen-bond acceptors (Lipinski definition) is 2. The molecule has 0 amide bonds. The first-order chi connectivity index (χ1) is 6.20. The van der Waals surface area contributed by atoms with Gasteiger partial charge in [0.25, 0.3) is 0 Å². The van der Waals surface area contributed by atoms with Crippen LogP contribution in [-0.2, 0) is 9.53 Å². The van der Waals surface area contributed by atoms with Gasteiger partial charge < -0.3 is 4.74 Å². The highest BCUT2D eigenvalue weighted by Gasteiger charge is 2.03. The molecule has 72 valence electrons. The van der Waals surface area contributed by atoms with E-state index in [-0.39, 0.29) is 19.0 Å². The third kappa shape index (κ3) is 7.58. The van der Waals surface area contributed by atoms with Gasteiger partial charge in [-0.2, -0.15) is 0 Å². The van der Waals surface area contributed by atoms with Crippen molar-refractivity contribution in [3.8, 4) is 0 Å². The molecular weight excluding hydrogens is 152 g/mol. The molecule has 0 aliphatic heterocycles. The number of carbonyl (C=O) groups excluding carboxylic acids is 1. The molecule has 0 N–H and O–H groups in total. The zero-order valence-electron chi connectivity index (χ0n) is 9.14. The molecule has 1 unspecified atom stereocenters. The van der Waals surface area contributed by atoms with E-state index in [0.717, 1.165) is 12.8 Å². The minimum atomic E-state index is -0.271. The fourth-order valence-electron chi connectivity index (χ4n) is 1.09. The summed E-state index contributed by atoms with van der Waals surface area (Å²) in [4.78, 5) is 10.6. The number of esters is 1. The van der Waals surface area contributed by atoms with E-state index < -0.39 is 0 Å². The molecule has 2 heteroatoms. The van der Waals surface area contributed by atoms with Crippen LogP contribution in [0, 0.1) is 0 Å². The molecule has 0 fully saturated rings. The van der Waals surface area contributed by atoms with E-state index in [1.54, 1.807) is 0 Å². The Hall–Kier alpha value is -0.530. The van der Waals surface area contributed by atoms with Crippen LogP contribution in [0.4, 0.5) is 0 Å². The molecule has 0 rings (SSSR count). The van der Waals surface area contributed by atoms with Gasteiger partial charge in [0.15, 0.2) is 0 Å². The van der Waals surface area contributed by atoms with Crippen molar-refractivity contribution < 1.29 is 10.9 Å². The first kappa shape index (κ1) is 9.56. The van der Waals surface area contributed by atoms with Crippen molar-refractivity contribution in [2.75, 3.05) is 0 Å². The molecule has 0 radical (unpaired) electrons. The van der Waals surface area contributed by atoms with Crippen molar-refractivity contribution in [2.45, 2.75) is 59.0 Å². The molecule has 0 bridgehead atoms. The first-order valence-corrected chi connectivity index (χ1v) is 4.67. The van der Waals surface area contributed by atoms with E-state index in [9.17, 15) is 4.79 Å². The van der Waals surface area contributed by atoms with Gasteiger partial charge >= 0.3 is 5.97 Å². The molecule has 0 aliphatic carbocycles. The van der Waals surface area contributed by atoms with Crippen LogP contribution in [0.5, 0.6) is 0 Å². The lowest BCUT2D eigenvalue weighted by Crippen LogP contribution is -2.11. The van der Waals surface area contributed by atoms with E-state index in [2.05, 4.69) is 6.92 Å². The van der Waals surface area contributed by atoms with Crippen molar-refractivity contribution in [3.05, 3.63) is 0 Å². The first-order valence-electron chi connectivity index (χ1n) is 5.37. The average molecular weight is 173 g/mol. The minimum Gasteiger partial charge on any atom is -0.463 e. The van der Waals surface area contributed by atoms with Crippen molar-refractivity contribution in [1.82, 2.24) is 0 Å². The smallest absolute Gasteiger partial charge is 0.302 e. The maximum Gasteiger partial charge on any atom is 0.302 e. The Morgan fingerprint density at radius 2 is 2.25 bits per heavy atom. The van der Waals surface area contributed by atoms with Crippen molar-refractivity contribution in [2.24, 2.45) is 0 Å². The van der Waals surface area contributed by atoms with E-state index in [4.69, 9.17) is 6.11 Å². The Morgan fingerprint density at radius 1 is 1.50 bits per heavy atom. The van der Waals surface area contributed by atoms with Crippen molar-refractivity contribution >= 4 is 5.97 Å². The Bertz CT molecular complexity index is 137. The lowest BCUT2D eigenvalue weighted by atomic mass is 10.1. The molecule has 0 aromatic rings. The average Bonchev–Trinajstić information content (AvgIpc) is 2.09. The highest BCUT2D eigenvalue weighted by atomic mass is 16.5. The number of carbonyl (C=O) groups is 1. The predicted octanol–water partition coefficient (Wildman–Crippen LogP) is 2.91. The quantitative estimate of drug-likeness (QED) is 0.456. The number of unbranched alkanes of at least 4 members (excludes halogenated alkanes) is 3. The molecule has 0 saturated carbocycles. The van der Waals surface area contributed by atoms with Crippen LogP contribution in [-0.4, -0.2) is 12.1 Å². The van der Waals surface area contributed by atoms with Crippen LogP contribution in [0.25, 0.3) is 0 Å². The Labute approximate surface area is 76.7 Å². The SMILES string of the molecule is [2H]CC(CCCCCC)OC(C)=O. The summed E-state index contributed by atoms with van der Waals surface area (Å²) in [5, 5.41) is 0. The fraction of sp³-hybridized carbons (Fsp3) is 0.900.